The molecule has 1 aliphatic heterocycles. The van der Waals surface area contributed by atoms with E-state index in [1.165, 1.54) is 11.8 Å². The molecule has 2 aromatic carbocycles. The van der Waals surface area contributed by atoms with Crippen molar-refractivity contribution < 1.29 is 9.53 Å². The Bertz CT molecular complexity index is 1110. The first kappa shape index (κ1) is 20.1. The molecule has 156 valence electrons. The van der Waals surface area contributed by atoms with Gasteiger partial charge in [0.15, 0.2) is 5.16 Å². The van der Waals surface area contributed by atoms with Crippen LogP contribution in [0.4, 0.5) is 5.69 Å². The predicted molar refractivity (Wildman–Crippen MR) is 119 cm³/mol. The van der Waals surface area contributed by atoms with E-state index in [0.29, 0.717) is 29.1 Å². The van der Waals surface area contributed by atoms with Crippen molar-refractivity contribution in [2.45, 2.75) is 5.16 Å². The van der Waals surface area contributed by atoms with Gasteiger partial charge in [0.1, 0.15) is 5.75 Å². The summed E-state index contributed by atoms with van der Waals surface area (Å²) in [6.45, 7) is 2.81. The fourth-order valence-electron chi connectivity index (χ4n) is 3.45. The van der Waals surface area contributed by atoms with Gasteiger partial charge in [-0.15, -0.1) is 0 Å². The Kier molecular flexibility index (Phi) is 5.80. The average Bonchev–Trinajstić information content (AvgIpc) is 2.80. The van der Waals surface area contributed by atoms with E-state index in [0.717, 1.165) is 29.2 Å². The van der Waals surface area contributed by atoms with Gasteiger partial charge in [0.25, 0.3) is 5.56 Å². The van der Waals surface area contributed by atoms with Gasteiger partial charge in [0.2, 0.25) is 5.91 Å². The molecule has 0 radical (unpaired) electrons. The van der Waals surface area contributed by atoms with Gasteiger partial charge in [-0.3, -0.25) is 9.59 Å². The molecule has 1 fully saturated rings. The number of nitrogens with two attached hydrogens (primary N) is 1. The van der Waals surface area contributed by atoms with Crippen LogP contribution in [0.3, 0.4) is 0 Å². The Balaban J connectivity index is 1.36. The van der Waals surface area contributed by atoms with Gasteiger partial charge in [-0.25, -0.2) is 9.66 Å². The molecule has 9 heteroatoms. The Morgan fingerprint density at radius 1 is 1.10 bits per heavy atom. The summed E-state index contributed by atoms with van der Waals surface area (Å²) in [7, 11) is 1.65. The summed E-state index contributed by atoms with van der Waals surface area (Å²) >= 11 is 1.19. The van der Waals surface area contributed by atoms with E-state index in [4.69, 9.17) is 10.6 Å². The van der Waals surface area contributed by atoms with Crippen LogP contribution in [0.15, 0.2) is 58.5 Å². The molecule has 1 saturated heterocycles. The first-order valence-electron chi connectivity index (χ1n) is 9.63. The van der Waals surface area contributed by atoms with Crippen molar-refractivity contribution in [3.05, 3.63) is 58.9 Å². The minimum Gasteiger partial charge on any atom is -0.497 e. The number of aromatic nitrogens is 2. The fraction of sp³-hybridized carbons (Fsp3) is 0.286. The maximum Gasteiger partial charge on any atom is 0.280 e. The minimum atomic E-state index is -0.316. The van der Waals surface area contributed by atoms with Gasteiger partial charge in [0.05, 0.1) is 23.8 Å². The highest BCUT2D eigenvalue weighted by Gasteiger charge is 2.22. The van der Waals surface area contributed by atoms with Gasteiger partial charge < -0.3 is 20.4 Å². The Morgan fingerprint density at radius 2 is 1.80 bits per heavy atom. The van der Waals surface area contributed by atoms with Crippen molar-refractivity contribution in [1.29, 1.82) is 0 Å². The zero-order chi connectivity index (χ0) is 21.1. The van der Waals surface area contributed by atoms with Gasteiger partial charge in [-0.2, -0.15) is 0 Å². The first-order chi connectivity index (χ1) is 14.6. The predicted octanol–water partition coefficient (Wildman–Crippen LogP) is 1.56. The average molecular weight is 426 g/mol. The molecule has 0 atom stereocenters. The quantitative estimate of drug-likeness (QED) is 0.377. The number of rotatable bonds is 5. The lowest BCUT2D eigenvalue weighted by Crippen LogP contribution is -2.49. The highest BCUT2D eigenvalue weighted by atomic mass is 32.2. The van der Waals surface area contributed by atoms with E-state index in [-0.39, 0.29) is 17.2 Å². The van der Waals surface area contributed by atoms with Crippen molar-refractivity contribution in [3.63, 3.8) is 0 Å². The maximum atomic E-state index is 12.7. The Labute approximate surface area is 178 Å². The summed E-state index contributed by atoms with van der Waals surface area (Å²) in [4.78, 5) is 33.6. The second kappa shape index (κ2) is 8.66. The molecular formula is C21H23N5O3S. The molecule has 0 bridgehead atoms. The van der Waals surface area contributed by atoms with E-state index in [2.05, 4.69) is 9.88 Å². The van der Waals surface area contributed by atoms with Crippen LogP contribution in [0.5, 0.6) is 5.75 Å². The number of carbonyl (C=O) groups is 1. The summed E-state index contributed by atoms with van der Waals surface area (Å²) in [5, 5.41) is 0.800. The smallest absolute Gasteiger partial charge is 0.280 e. The molecule has 0 aliphatic carbocycles. The van der Waals surface area contributed by atoms with E-state index in [1.54, 1.807) is 25.3 Å². The summed E-state index contributed by atoms with van der Waals surface area (Å²) in [6, 6.07) is 15.0. The van der Waals surface area contributed by atoms with E-state index in [9.17, 15) is 9.59 Å². The van der Waals surface area contributed by atoms with Gasteiger partial charge in [-0.1, -0.05) is 23.9 Å². The number of benzene rings is 2. The van der Waals surface area contributed by atoms with Crippen molar-refractivity contribution in [1.82, 2.24) is 14.6 Å². The van der Waals surface area contributed by atoms with Crippen molar-refractivity contribution in [2.24, 2.45) is 0 Å². The van der Waals surface area contributed by atoms with Crippen LogP contribution >= 0.6 is 11.8 Å². The number of carbonyl (C=O) groups excluding carboxylic acids is 1. The number of piperazine rings is 1. The third-order valence-corrected chi connectivity index (χ3v) is 6.11. The molecular weight excluding hydrogens is 402 g/mol. The summed E-state index contributed by atoms with van der Waals surface area (Å²) < 4.78 is 6.21. The number of para-hydroxylation sites is 1. The second-order valence-electron chi connectivity index (χ2n) is 6.94. The summed E-state index contributed by atoms with van der Waals surface area (Å²) in [5.74, 6) is 6.92. The largest absolute Gasteiger partial charge is 0.497 e. The third kappa shape index (κ3) is 4.06. The number of hydrogen-bond donors (Lipinski definition) is 1. The molecule has 0 spiro atoms. The number of ether oxygens (including phenoxy) is 1. The fourth-order valence-corrected chi connectivity index (χ4v) is 4.27. The van der Waals surface area contributed by atoms with E-state index in [1.807, 2.05) is 35.2 Å². The molecule has 2 N–H and O–H groups in total. The molecule has 0 saturated carbocycles. The highest BCUT2D eigenvalue weighted by Crippen LogP contribution is 2.21. The number of thioether (sulfide) groups is 1. The number of nitrogen functional groups attached to an aromatic ring is 1. The van der Waals surface area contributed by atoms with Gasteiger partial charge >= 0.3 is 0 Å². The number of methoxy groups -OCH3 is 1. The number of nitrogens with zero attached hydrogens (tertiary/aromatic N) is 4. The van der Waals surface area contributed by atoms with Crippen molar-refractivity contribution in [3.8, 4) is 5.75 Å². The molecule has 4 rings (SSSR count). The molecule has 8 nitrogen and oxygen atoms in total. The Hall–Kier alpha value is -3.20. The molecule has 30 heavy (non-hydrogen) atoms. The monoisotopic (exact) mass is 425 g/mol. The third-order valence-electron chi connectivity index (χ3n) is 5.17. The zero-order valence-electron chi connectivity index (χ0n) is 16.7. The molecule has 1 aliphatic rings. The van der Waals surface area contributed by atoms with E-state index < -0.39 is 0 Å². The highest BCUT2D eigenvalue weighted by molar-refractivity contribution is 7.99. The van der Waals surface area contributed by atoms with Crippen LogP contribution in [-0.2, 0) is 4.79 Å². The van der Waals surface area contributed by atoms with Crippen LogP contribution in [0.25, 0.3) is 10.9 Å². The van der Waals surface area contributed by atoms with Crippen LogP contribution in [0.2, 0.25) is 0 Å². The summed E-state index contributed by atoms with van der Waals surface area (Å²) in [6.07, 6.45) is 0. The number of fused-ring (bicyclic) bond motifs is 1. The number of hydrogen-bond acceptors (Lipinski definition) is 7. The lowest BCUT2D eigenvalue weighted by molar-refractivity contribution is -0.128. The van der Waals surface area contributed by atoms with Crippen LogP contribution in [-0.4, -0.2) is 59.5 Å². The van der Waals surface area contributed by atoms with Crippen molar-refractivity contribution >= 4 is 34.3 Å². The topological polar surface area (TPSA) is 93.7 Å². The van der Waals surface area contributed by atoms with Crippen LogP contribution in [0.1, 0.15) is 0 Å². The molecule has 1 amide bonds. The molecule has 1 aromatic heterocycles. The van der Waals surface area contributed by atoms with Gasteiger partial charge in [-0.05, 0) is 36.4 Å². The first-order valence-corrected chi connectivity index (χ1v) is 10.6. The number of anilines is 1. The minimum absolute atomic E-state index is 0.0109. The lowest BCUT2D eigenvalue weighted by Gasteiger charge is -2.36. The molecule has 2 heterocycles. The second-order valence-corrected chi connectivity index (χ2v) is 7.88. The Morgan fingerprint density at radius 3 is 2.50 bits per heavy atom. The SMILES string of the molecule is COc1ccc(N2CCN(C(=O)CSc3nc4ccccc4c(=O)n3N)CC2)cc1. The van der Waals surface area contributed by atoms with Crippen LogP contribution in [0, 0.1) is 0 Å². The molecule has 3 aromatic rings. The number of amides is 1. The maximum absolute atomic E-state index is 12.7. The van der Waals surface area contributed by atoms with Gasteiger partial charge in [0, 0.05) is 31.9 Å². The standard InChI is InChI=1S/C21H23N5O3S/c1-29-16-8-6-15(7-9-16)24-10-12-25(13-11-24)19(27)14-30-21-23-18-5-3-2-4-17(18)20(28)26(21)22/h2-9H,10-14,22H2,1H3. The normalized spacial score (nSPS) is 14.2. The van der Waals surface area contributed by atoms with Crippen LogP contribution < -0.4 is 21.0 Å². The molecule has 0 unspecified atom stereocenters. The zero-order valence-corrected chi connectivity index (χ0v) is 17.5. The summed E-state index contributed by atoms with van der Waals surface area (Å²) in [5.41, 5.74) is 1.38. The van der Waals surface area contributed by atoms with E-state index >= 15 is 0 Å². The van der Waals surface area contributed by atoms with Crippen molar-refractivity contribution in [2.75, 3.05) is 49.8 Å². The lowest BCUT2D eigenvalue weighted by atomic mass is 10.2.